The first-order valence-corrected chi connectivity index (χ1v) is 27.3. The lowest BCUT2D eigenvalue weighted by molar-refractivity contribution is -0.396. The van der Waals surface area contributed by atoms with Gasteiger partial charge in [-0.05, 0) is 104 Å². The fourth-order valence-corrected chi connectivity index (χ4v) is 16.1. The highest BCUT2D eigenvalue weighted by atomic mass is 16.8. The minimum absolute atomic E-state index is 0.0105. The van der Waals surface area contributed by atoms with E-state index in [4.69, 9.17) is 47.4 Å². The van der Waals surface area contributed by atoms with Gasteiger partial charge in [0, 0.05) is 12.3 Å². The van der Waals surface area contributed by atoms with Crippen LogP contribution in [0.5, 0.6) is 0 Å². The maximum Gasteiger partial charge on any atom is 0.187 e. The molecule has 0 aromatic rings. The van der Waals surface area contributed by atoms with Gasteiger partial charge in [-0.15, -0.1) is 0 Å². The molecule has 1 spiro atoms. The van der Waals surface area contributed by atoms with Crippen LogP contribution in [0, 0.1) is 52.3 Å². The summed E-state index contributed by atoms with van der Waals surface area (Å²) in [6.07, 6.45) is -25.5. The molecule has 23 heteroatoms. The van der Waals surface area contributed by atoms with Crippen LogP contribution in [0.4, 0.5) is 0 Å². The minimum Gasteiger partial charge on any atom is -0.394 e. The Kier molecular flexibility index (Phi) is 16.6. The van der Waals surface area contributed by atoms with Crippen LogP contribution < -0.4 is 0 Å². The second-order valence-corrected chi connectivity index (χ2v) is 24.4. The molecule has 10 aliphatic rings. The van der Waals surface area contributed by atoms with Crippen LogP contribution in [0.3, 0.4) is 0 Å². The number of hydrogen-bond donors (Lipinski definition) is 13. The summed E-state index contributed by atoms with van der Waals surface area (Å²) in [5.41, 5.74) is 0.136. The lowest BCUT2D eigenvalue weighted by atomic mass is 9.44. The third kappa shape index (κ3) is 9.66. The van der Waals surface area contributed by atoms with Gasteiger partial charge in [-0.2, -0.15) is 0 Å². The van der Waals surface area contributed by atoms with Crippen molar-refractivity contribution in [1.82, 2.24) is 0 Å². The Morgan fingerprint density at radius 2 is 1.05 bits per heavy atom. The Morgan fingerprint density at radius 3 is 1.64 bits per heavy atom. The van der Waals surface area contributed by atoms with Crippen molar-refractivity contribution in [2.45, 2.75) is 233 Å². The van der Waals surface area contributed by atoms with E-state index in [1.54, 1.807) is 0 Å². The number of aliphatic hydroxyl groups excluding tert-OH is 13. The molecule has 0 unspecified atom stereocenters. The molecule has 0 bridgehead atoms. The van der Waals surface area contributed by atoms with E-state index in [-0.39, 0.29) is 22.9 Å². The van der Waals surface area contributed by atoms with Gasteiger partial charge in [-0.1, -0.05) is 27.7 Å². The van der Waals surface area contributed by atoms with Crippen molar-refractivity contribution in [1.29, 1.82) is 0 Å². The predicted molar refractivity (Wildman–Crippen MR) is 248 cm³/mol. The predicted octanol–water partition coefficient (Wildman–Crippen LogP) is -2.91. The highest BCUT2D eigenvalue weighted by molar-refractivity contribution is 5.15. The Labute approximate surface area is 430 Å². The molecule has 6 aliphatic heterocycles. The SMILES string of the molecule is C[C@@H]1CC[C@@]2(OC1)O[C@H]1C[C@H]3[C@@H]4CC[C@@H]5C[C@@H](O[C@@H]6O[C@H](CO[C@@H]7O[C@H](CO)[C@@H](O)[C@H](O)[C@H]7O)[C@@H](O[C@@H]7O[C@H](CO)[C@@H](O)[C@H](O)[C@H]7O)[C@H](O)[C@H]6O[C@@H]6O[C@H](CO)[C@@H](O)[C@H](O)[C@H]6O)CC[C@]5(C)[C@H]4CC[C@]3(C)[C@H]1[C@@H]2C. The molecule has 4 aliphatic carbocycles. The lowest BCUT2D eigenvalue weighted by Crippen LogP contribution is -2.67. The molecule has 23 nitrogen and oxygen atoms in total. The summed E-state index contributed by atoms with van der Waals surface area (Å²) in [4.78, 5) is 0. The van der Waals surface area contributed by atoms with Crippen molar-refractivity contribution in [2.24, 2.45) is 52.3 Å². The highest BCUT2D eigenvalue weighted by Gasteiger charge is 2.69. The van der Waals surface area contributed by atoms with Crippen molar-refractivity contribution >= 4 is 0 Å². The number of aliphatic hydroxyl groups is 13. The maximum absolute atomic E-state index is 12.5. The standard InChI is InChI=1S/C51H84O23/c1-20-7-12-51(66-18-20)21(2)32-27(74-51)14-26-24-6-5-22-13-23(8-10-49(22,3)25(24)9-11-50(26,32)4)67-48-44(73-47-41(63)38(60)35(57)30(17-54)70-47)42(64)43(72-46-40(62)37(59)34(56)29(16-53)69-46)31(71-48)19-65-45-39(61)36(58)33(55)28(15-52)68-45/h20-48,52-64H,5-19H2,1-4H3/t20-,21+,22-,23+,24-,25+,26+,27+,28-,29-,30-,31-,32+,33-,34-,35-,36+,37+,38+,39-,40-,41-,42+,43-,44-,45-,46+,47+,48-,49+,50+,51-/m1/s1. The molecule has 10 fully saturated rings. The molecule has 10 rings (SSSR count). The Morgan fingerprint density at radius 1 is 0.500 bits per heavy atom. The number of ether oxygens (including phenoxy) is 10. The van der Waals surface area contributed by atoms with Crippen LogP contribution in [0.25, 0.3) is 0 Å². The first-order valence-electron chi connectivity index (χ1n) is 27.3. The Bertz CT molecular complexity index is 1870. The molecule has 6 saturated heterocycles. The average Bonchev–Trinajstić information content (AvgIpc) is 3.87. The van der Waals surface area contributed by atoms with E-state index < -0.39 is 161 Å². The summed E-state index contributed by atoms with van der Waals surface area (Å²) >= 11 is 0. The van der Waals surface area contributed by atoms with Crippen molar-refractivity contribution in [3.05, 3.63) is 0 Å². The van der Waals surface area contributed by atoms with Gasteiger partial charge in [-0.25, -0.2) is 0 Å². The maximum atomic E-state index is 12.5. The zero-order valence-corrected chi connectivity index (χ0v) is 42.7. The van der Waals surface area contributed by atoms with Crippen LogP contribution in [0.15, 0.2) is 0 Å². The summed E-state index contributed by atoms with van der Waals surface area (Å²) in [5.74, 6) is 2.59. The van der Waals surface area contributed by atoms with Crippen molar-refractivity contribution in [2.75, 3.05) is 33.0 Å². The quantitative estimate of drug-likeness (QED) is 0.0872. The molecule has 0 aromatic carbocycles. The first-order chi connectivity index (χ1) is 35.2. The van der Waals surface area contributed by atoms with Gasteiger partial charge in [0.05, 0.1) is 45.2 Å². The van der Waals surface area contributed by atoms with Crippen LogP contribution in [-0.4, -0.2) is 240 Å². The topological polar surface area (TPSA) is 355 Å². The monoisotopic (exact) mass is 1060 g/mol. The van der Waals surface area contributed by atoms with Gasteiger partial charge < -0.3 is 114 Å². The summed E-state index contributed by atoms with van der Waals surface area (Å²) < 4.78 is 62.3. The van der Waals surface area contributed by atoms with Crippen LogP contribution in [0.1, 0.15) is 91.9 Å². The molecule has 4 saturated carbocycles. The Balaban J connectivity index is 0.894. The summed E-state index contributed by atoms with van der Waals surface area (Å²) in [5, 5.41) is 139. The van der Waals surface area contributed by atoms with Crippen LogP contribution in [0.2, 0.25) is 0 Å². The van der Waals surface area contributed by atoms with E-state index in [2.05, 4.69) is 27.7 Å². The first kappa shape index (κ1) is 56.4. The number of hydrogen-bond acceptors (Lipinski definition) is 23. The van der Waals surface area contributed by atoms with Gasteiger partial charge >= 0.3 is 0 Å². The van der Waals surface area contributed by atoms with E-state index in [9.17, 15) is 66.4 Å². The molecule has 13 N–H and O–H groups in total. The second-order valence-electron chi connectivity index (χ2n) is 24.4. The molecule has 6 heterocycles. The van der Waals surface area contributed by atoms with E-state index in [1.807, 2.05) is 0 Å². The Hall–Kier alpha value is -0.920. The molecular weight excluding hydrogens is 981 g/mol. The van der Waals surface area contributed by atoms with Gasteiger partial charge in [0.15, 0.2) is 30.9 Å². The van der Waals surface area contributed by atoms with Crippen molar-refractivity contribution in [3.8, 4) is 0 Å². The van der Waals surface area contributed by atoms with Crippen molar-refractivity contribution in [3.63, 3.8) is 0 Å². The fraction of sp³-hybridized carbons (Fsp3) is 1.00. The third-order valence-electron chi connectivity index (χ3n) is 20.4. The van der Waals surface area contributed by atoms with E-state index in [0.29, 0.717) is 48.3 Å². The van der Waals surface area contributed by atoms with E-state index in [0.717, 1.165) is 58.0 Å². The molecule has 74 heavy (non-hydrogen) atoms. The molecule has 426 valence electrons. The van der Waals surface area contributed by atoms with Crippen molar-refractivity contribution < 1.29 is 114 Å². The average molecular weight is 1070 g/mol. The van der Waals surface area contributed by atoms with Gasteiger partial charge in [-0.3, -0.25) is 0 Å². The number of fused-ring (bicyclic) bond motifs is 7. The van der Waals surface area contributed by atoms with E-state index >= 15 is 0 Å². The second kappa shape index (κ2) is 21.9. The highest BCUT2D eigenvalue weighted by Crippen LogP contribution is 2.71. The number of rotatable bonds is 12. The molecule has 0 amide bonds. The van der Waals surface area contributed by atoms with Gasteiger partial charge in [0.1, 0.15) is 97.7 Å². The molecular formula is C51H84O23. The summed E-state index contributed by atoms with van der Waals surface area (Å²) in [7, 11) is 0. The largest absolute Gasteiger partial charge is 0.394 e. The molecule has 32 atom stereocenters. The van der Waals surface area contributed by atoms with Gasteiger partial charge in [0.2, 0.25) is 0 Å². The molecule has 0 aromatic heterocycles. The fourth-order valence-electron chi connectivity index (χ4n) is 16.1. The van der Waals surface area contributed by atoms with Gasteiger partial charge in [0.25, 0.3) is 0 Å². The zero-order chi connectivity index (χ0) is 52.9. The van der Waals surface area contributed by atoms with Crippen LogP contribution >= 0.6 is 0 Å². The summed E-state index contributed by atoms with van der Waals surface area (Å²) in [6.45, 7) is 7.26. The molecule has 0 radical (unpaired) electrons. The summed E-state index contributed by atoms with van der Waals surface area (Å²) in [6, 6.07) is 0. The minimum atomic E-state index is -1.96. The van der Waals surface area contributed by atoms with Crippen LogP contribution in [-0.2, 0) is 47.4 Å². The lowest BCUT2D eigenvalue weighted by Gasteiger charge is -2.61. The normalized spacial score (nSPS) is 57.6. The third-order valence-corrected chi connectivity index (χ3v) is 20.4. The van der Waals surface area contributed by atoms with E-state index in [1.165, 1.54) is 0 Å². The smallest absolute Gasteiger partial charge is 0.187 e. The zero-order valence-electron chi connectivity index (χ0n) is 42.7.